The normalized spacial score (nSPS) is 12.6. The number of aromatic nitrogens is 3. The van der Waals surface area contributed by atoms with E-state index in [1.807, 2.05) is 20.0 Å². The number of rotatable bonds is 4. The quantitative estimate of drug-likeness (QED) is 0.842. The maximum absolute atomic E-state index is 5.86. The first kappa shape index (κ1) is 12.1. The molecule has 0 aliphatic heterocycles. The van der Waals surface area contributed by atoms with Gasteiger partial charge in [-0.3, -0.25) is 4.68 Å². The molecule has 1 unspecified atom stereocenters. The van der Waals surface area contributed by atoms with Crippen molar-refractivity contribution in [3.05, 3.63) is 42.0 Å². The summed E-state index contributed by atoms with van der Waals surface area (Å²) in [5.74, 6) is 1.79. The second kappa shape index (κ2) is 5.33. The summed E-state index contributed by atoms with van der Waals surface area (Å²) >= 11 is 1.74. The zero-order valence-corrected chi connectivity index (χ0v) is 10.8. The van der Waals surface area contributed by atoms with E-state index in [4.69, 9.17) is 5.73 Å². The van der Waals surface area contributed by atoms with E-state index in [-0.39, 0.29) is 6.04 Å². The van der Waals surface area contributed by atoms with Gasteiger partial charge in [-0.25, -0.2) is 4.98 Å². The minimum absolute atomic E-state index is 0.0744. The van der Waals surface area contributed by atoms with Crippen LogP contribution >= 0.6 is 11.8 Å². The van der Waals surface area contributed by atoms with Gasteiger partial charge in [-0.05, 0) is 24.6 Å². The fourth-order valence-corrected chi connectivity index (χ4v) is 2.44. The van der Waals surface area contributed by atoms with Crippen LogP contribution in [0, 0.1) is 0 Å². The van der Waals surface area contributed by atoms with Crippen LogP contribution in [0.4, 0.5) is 0 Å². The molecule has 2 rings (SSSR count). The maximum Gasteiger partial charge on any atom is 0.138 e. The summed E-state index contributed by atoms with van der Waals surface area (Å²) in [5.41, 5.74) is 7.02. The first-order valence-electron chi connectivity index (χ1n) is 5.48. The van der Waals surface area contributed by atoms with E-state index in [1.165, 1.54) is 4.90 Å². The van der Waals surface area contributed by atoms with E-state index in [1.54, 1.807) is 22.8 Å². The van der Waals surface area contributed by atoms with Gasteiger partial charge in [0.15, 0.2) is 0 Å². The number of nitrogens with zero attached hydrogens (tertiary/aromatic N) is 3. The molecule has 0 saturated heterocycles. The Morgan fingerprint density at radius 1 is 1.47 bits per heavy atom. The molecule has 4 nitrogen and oxygen atoms in total. The second-order valence-corrected chi connectivity index (χ2v) is 5.00. The van der Waals surface area contributed by atoms with E-state index in [0.717, 1.165) is 17.1 Å². The molecular formula is C12H16N4S. The minimum Gasteiger partial charge on any atom is -0.324 e. The summed E-state index contributed by atoms with van der Waals surface area (Å²) in [6.07, 6.45) is 1.58. The van der Waals surface area contributed by atoms with E-state index in [2.05, 4.69) is 28.3 Å². The molecule has 0 saturated carbocycles. The number of hydrogen-bond acceptors (Lipinski definition) is 4. The Kier molecular flexibility index (Phi) is 3.81. The van der Waals surface area contributed by atoms with Gasteiger partial charge in [0.05, 0.1) is 5.75 Å². The van der Waals surface area contributed by atoms with Gasteiger partial charge >= 0.3 is 0 Å². The number of benzene rings is 1. The summed E-state index contributed by atoms with van der Waals surface area (Å²) in [4.78, 5) is 5.41. The van der Waals surface area contributed by atoms with Crippen molar-refractivity contribution in [1.29, 1.82) is 0 Å². The van der Waals surface area contributed by atoms with E-state index in [0.29, 0.717) is 0 Å². The Morgan fingerprint density at radius 2 is 2.29 bits per heavy atom. The predicted octanol–water partition coefficient (Wildman–Crippen LogP) is 2.13. The second-order valence-electron chi connectivity index (χ2n) is 3.95. The van der Waals surface area contributed by atoms with Crippen LogP contribution in [0.1, 0.15) is 24.4 Å². The van der Waals surface area contributed by atoms with E-state index < -0.39 is 0 Å². The molecular weight excluding hydrogens is 232 g/mol. The molecule has 1 heterocycles. The van der Waals surface area contributed by atoms with E-state index >= 15 is 0 Å². The van der Waals surface area contributed by atoms with Crippen LogP contribution in [-0.4, -0.2) is 14.8 Å². The zero-order valence-electron chi connectivity index (χ0n) is 10.00. The molecule has 1 aromatic heterocycles. The SMILES string of the molecule is CC(N)c1cccc(SCc2ncnn2C)c1. The Balaban J connectivity index is 2.04. The van der Waals surface area contributed by atoms with Crippen molar-refractivity contribution in [1.82, 2.24) is 14.8 Å². The highest BCUT2D eigenvalue weighted by atomic mass is 32.2. The largest absolute Gasteiger partial charge is 0.324 e. The van der Waals surface area contributed by atoms with Crippen LogP contribution < -0.4 is 5.73 Å². The zero-order chi connectivity index (χ0) is 12.3. The molecule has 1 aromatic carbocycles. The lowest BCUT2D eigenvalue weighted by atomic mass is 10.1. The molecule has 1 atom stereocenters. The third-order valence-corrected chi connectivity index (χ3v) is 3.55. The van der Waals surface area contributed by atoms with Crippen molar-refractivity contribution in [3.63, 3.8) is 0 Å². The first-order chi connectivity index (χ1) is 8.16. The van der Waals surface area contributed by atoms with Crippen LogP contribution in [0.2, 0.25) is 0 Å². The predicted molar refractivity (Wildman–Crippen MR) is 69.6 cm³/mol. The van der Waals surface area contributed by atoms with Gasteiger partial charge in [-0.15, -0.1) is 11.8 Å². The van der Waals surface area contributed by atoms with Gasteiger partial charge in [-0.1, -0.05) is 12.1 Å². The molecule has 5 heteroatoms. The highest BCUT2D eigenvalue weighted by Crippen LogP contribution is 2.24. The molecule has 0 aliphatic rings. The summed E-state index contributed by atoms with van der Waals surface area (Å²) in [6, 6.07) is 8.39. The van der Waals surface area contributed by atoms with Gasteiger partial charge in [0.25, 0.3) is 0 Å². The molecule has 0 bridgehead atoms. The Bertz CT molecular complexity index is 493. The van der Waals surface area contributed by atoms with Gasteiger partial charge in [0, 0.05) is 18.0 Å². The molecule has 2 aromatic rings. The summed E-state index contributed by atoms with van der Waals surface area (Å²) < 4.78 is 1.79. The average molecular weight is 248 g/mol. The summed E-state index contributed by atoms with van der Waals surface area (Å²) in [6.45, 7) is 1.99. The van der Waals surface area contributed by atoms with Crippen molar-refractivity contribution < 1.29 is 0 Å². The average Bonchev–Trinajstić information content (AvgIpc) is 2.72. The standard InChI is InChI=1S/C12H16N4S/c1-9(13)10-4-3-5-11(6-10)17-7-12-14-8-15-16(12)2/h3-6,8-9H,7,13H2,1-2H3. The number of thioether (sulfide) groups is 1. The third-order valence-electron chi connectivity index (χ3n) is 2.56. The van der Waals surface area contributed by atoms with Crippen LogP contribution in [0.15, 0.2) is 35.5 Å². The van der Waals surface area contributed by atoms with Crippen molar-refractivity contribution in [2.75, 3.05) is 0 Å². The fraction of sp³-hybridized carbons (Fsp3) is 0.333. The van der Waals surface area contributed by atoms with Crippen LogP contribution in [0.25, 0.3) is 0 Å². The van der Waals surface area contributed by atoms with Gasteiger partial charge in [-0.2, -0.15) is 5.10 Å². The minimum atomic E-state index is 0.0744. The molecule has 0 amide bonds. The van der Waals surface area contributed by atoms with Gasteiger partial charge in [0.2, 0.25) is 0 Å². The number of nitrogens with two attached hydrogens (primary N) is 1. The first-order valence-corrected chi connectivity index (χ1v) is 6.46. The van der Waals surface area contributed by atoms with Crippen molar-refractivity contribution in [2.24, 2.45) is 12.8 Å². The lowest BCUT2D eigenvalue weighted by molar-refractivity contribution is 0.730. The topological polar surface area (TPSA) is 56.7 Å². The van der Waals surface area contributed by atoms with Crippen LogP contribution in [0.3, 0.4) is 0 Å². The summed E-state index contributed by atoms with van der Waals surface area (Å²) in [7, 11) is 1.90. The molecule has 0 radical (unpaired) electrons. The lowest BCUT2D eigenvalue weighted by Gasteiger charge is -2.07. The molecule has 0 aliphatic carbocycles. The highest BCUT2D eigenvalue weighted by molar-refractivity contribution is 7.98. The number of aryl methyl sites for hydroxylation is 1. The monoisotopic (exact) mass is 248 g/mol. The molecule has 0 fully saturated rings. The number of hydrogen-bond donors (Lipinski definition) is 1. The summed E-state index contributed by atoms with van der Waals surface area (Å²) in [5, 5.41) is 4.05. The Morgan fingerprint density at radius 3 is 2.94 bits per heavy atom. The van der Waals surface area contributed by atoms with Gasteiger partial charge in [0.1, 0.15) is 12.2 Å². The van der Waals surface area contributed by atoms with Crippen LogP contribution in [-0.2, 0) is 12.8 Å². The Hall–Kier alpha value is -1.33. The highest BCUT2D eigenvalue weighted by Gasteiger charge is 2.04. The molecule has 2 N–H and O–H groups in total. The van der Waals surface area contributed by atoms with E-state index in [9.17, 15) is 0 Å². The van der Waals surface area contributed by atoms with Crippen molar-refractivity contribution in [2.45, 2.75) is 23.6 Å². The Labute approximate surface area is 105 Å². The molecule has 90 valence electrons. The third kappa shape index (κ3) is 3.08. The molecule has 17 heavy (non-hydrogen) atoms. The smallest absolute Gasteiger partial charge is 0.138 e. The molecule has 0 spiro atoms. The fourth-order valence-electron chi connectivity index (χ4n) is 1.49. The van der Waals surface area contributed by atoms with Crippen LogP contribution in [0.5, 0.6) is 0 Å². The lowest BCUT2D eigenvalue weighted by Crippen LogP contribution is -2.04. The van der Waals surface area contributed by atoms with Gasteiger partial charge < -0.3 is 5.73 Å². The van der Waals surface area contributed by atoms with Crippen molar-refractivity contribution in [3.8, 4) is 0 Å². The van der Waals surface area contributed by atoms with Crippen molar-refractivity contribution >= 4 is 11.8 Å². The maximum atomic E-state index is 5.86.